The molecule has 1 aromatic carbocycles. The van der Waals surface area contributed by atoms with Crippen LogP contribution in [0.25, 0.3) is 0 Å². The molecule has 0 aliphatic carbocycles. The van der Waals surface area contributed by atoms with E-state index in [0.29, 0.717) is 11.3 Å². The Morgan fingerprint density at radius 1 is 1.12 bits per heavy atom. The van der Waals surface area contributed by atoms with E-state index in [1.165, 1.54) is 0 Å². The van der Waals surface area contributed by atoms with Crippen molar-refractivity contribution in [1.29, 1.82) is 0 Å². The number of esters is 1. The lowest BCUT2D eigenvalue weighted by molar-refractivity contribution is -0.135. The van der Waals surface area contributed by atoms with Gasteiger partial charge in [-0.2, -0.15) is 0 Å². The average molecular weight is 357 g/mol. The van der Waals surface area contributed by atoms with Gasteiger partial charge in [0.2, 0.25) is 5.91 Å². The summed E-state index contributed by atoms with van der Waals surface area (Å²) in [5, 5.41) is 2.88. The number of nitrogens with zero attached hydrogens (tertiary/aromatic N) is 2. The number of piperidine rings is 1. The zero-order chi connectivity index (χ0) is 18.1. The van der Waals surface area contributed by atoms with E-state index in [4.69, 9.17) is 4.74 Å². The quantitative estimate of drug-likeness (QED) is 0.834. The maximum atomic E-state index is 12.3. The minimum absolute atomic E-state index is 0.0270. The third-order valence-electron chi connectivity index (χ3n) is 5.39. The molecule has 1 N–H and O–H groups in total. The molecule has 1 atom stereocenters. The molecule has 4 rings (SSSR count). The summed E-state index contributed by atoms with van der Waals surface area (Å²) in [6.45, 7) is 2.08. The average Bonchev–Trinajstić information content (AvgIpc) is 3.17. The number of hydrogen-bond acceptors (Lipinski definition) is 5. The van der Waals surface area contributed by atoms with Crippen molar-refractivity contribution < 1.29 is 19.1 Å². The van der Waals surface area contributed by atoms with Gasteiger partial charge in [0.25, 0.3) is 5.91 Å². The molecule has 0 aromatic heterocycles. The van der Waals surface area contributed by atoms with Crippen LogP contribution in [-0.2, 0) is 14.3 Å². The molecule has 3 aliphatic heterocycles. The first-order chi connectivity index (χ1) is 12.6. The second-order valence-electron chi connectivity index (χ2n) is 7.09. The van der Waals surface area contributed by atoms with Crippen LogP contribution in [0.3, 0.4) is 0 Å². The highest BCUT2D eigenvalue weighted by molar-refractivity contribution is 6.05. The fraction of sp³-hybridized carbons (Fsp3) is 0.526. The molecule has 0 spiro atoms. The summed E-state index contributed by atoms with van der Waals surface area (Å²) in [4.78, 5) is 40.5. The number of ether oxygens (including phenoxy) is 1. The normalized spacial score (nSPS) is 21.7. The van der Waals surface area contributed by atoms with Crippen LogP contribution in [0.2, 0.25) is 0 Å². The molecule has 138 valence electrons. The van der Waals surface area contributed by atoms with Crippen LogP contribution < -0.4 is 10.2 Å². The van der Waals surface area contributed by atoms with Crippen molar-refractivity contribution in [2.45, 2.75) is 38.1 Å². The number of benzene rings is 1. The lowest BCUT2D eigenvalue weighted by atomic mass is 10.1. The van der Waals surface area contributed by atoms with Gasteiger partial charge in [0.05, 0.1) is 16.9 Å². The molecule has 7 heteroatoms. The van der Waals surface area contributed by atoms with E-state index < -0.39 is 5.97 Å². The lowest BCUT2D eigenvalue weighted by Crippen LogP contribution is -2.43. The Hall–Kier alpha value is -2.57. The van der Waals surface area contributed by atoms with Crippen LogP contribution in [0, 0.1) is 0 Å². The molecule has 2 amide bonds. The number of rotatable bonds is 3. The Morgan fingerprint density at radius 2 is 1.92 bits per heavy atom. The van der Waals surface area contributed by atoms with Crippen LogP contribution in [0.15, 0.2) is 18.2 Å². The van der Waals surface area contributed by atoms with Crippen molar-refractivity contribution in [3.8, 4) is 0 Å². The van der Waals surface area contributed by atoms with E-state index in [9.17, 15) is 14.4 Å². The van der Waals surface area contributed by atoms with Crippen molar-refractivity contribution in [1.82, 2.24) is 4.90 Å². The topological polar surface area (TPSA) is 79.0 Å². The first-order valence-corrected chi connectivity index (χ1v) is 9.30. The Morgan fingerprint density at radius 3 is 2.73 bits per heavy atom. The zero-order valence-corrected chi connectivity index (χ0v) is 14.7. The van der Waals surface area contributed by atoms with Crippen LogP contribution in [0.5, 0.6) is 0 Å². The highest BCUT2D eigenvalue weighted by Gasteiger charge is 2.36. The fourth-order valence-electron chi connectivity index (χ4n) is 4.00. The number of carbonyl (C=O) groups excluding carboxylic acids is 3. The van der Waals surface area contributed by atoms with E-state index >= 15 is 0 Å². The molecule has 0 bridgehead atoms. The maximum Gasteiger partial charge on any atom is 0.338 e. The zero-order valence-electron chi connectivity index (χ0n) is 14.7. The number of amides is 2. The van der Waals surface area contributed by atoms with Crippen LogP contribution in [0.4, 0.5) is 11.4 Å². The third kappa shape index (κ3) is 3.13. The molecule has 2 fully saturated rings. The second kappa shape index (κ2) is 6.97. The van der Waals surface area contributed by atoms with Gasteiger partial charge in [-0.3, -0.25) is 9.59 Å². The van der Waals surface area contributed by atoms with E-state index in [1.54, 1.807) is 17.0 Å². The van der Waals surface area contributed by atoms with Gasteiger partial charge < -0.3 is 19.9 Å². The van der Waals surface area contributed by atoms with Crippen LogP contribution >= 0.6 is 0 Å². The van der Waals surface area contributed by atoms with E-state index in [1.807, 2.05) is 6.07 Å². The second-order valence-corrected chi connectivity index (χ2v) is 7.09. The summed E-state index contributed by atoms with van der Waals surface area (Å²) in [6, 6.07) is 5.06. The molecule has 3 aliphatic rings. The van der Waals surface area contributed by atoms with Crippen molar-refractivity contribution in [3.63, 3.8) is 0 Å². The SMILES string of the molecule is O=C(OCC(=O)N1CCCCC1)c1ccc2c(c1)NC(=O)[C@H]1CCCN21. The standard InChI is InChI=1S/C19H23N3O4/c23-17(21-8-2-1-3-9-21)12-26-19(25)13-6-7-15-14(11-13)20-18(24)16-5-4-10-22(15)16/h6-7,11,16H,1-5,8-10,12H2,(H,20,24)/t16-/m1/s1. The number of fused-ring (bicyclic) bond motifs is 3. The summed E-state index contributed by atoms with van der Waals surface area (Å²) < 4.78 is 5.19. The van der Waals surface area contributed by atoms with Gasteiger partial charge in [0.15, 0.2) is 6.61 Å². The molecule has 0 saturated carbocycles. The number of likely N-dealkylation sites (tertiary alicyclic amines) is 1. The summed E-state index contributed by atoms with van der Waals surface area (Å²) >= 11 is 0. The molecule has 0 unspecified atom stereocenters. The molecular formula is C19H23N3O4. The van der Waals surface area contributed by atoms with Crippen molar-refractivity contribution in [2.75, 3.05) is 36.5 Å². The van der Waals surface area contributed by atoms with Crippen LogP contribution in [-0.4, -0.2) is 55.0 Å². The van der Waals surface area contributed by atoms with Crippen LogP contribution in [0.1, 0.15) is 42.5 Å². The minimum Gasteiger partial charge on any atom is -0.452 e. The Balaban J connectivity index is 1.42. The third-order valence-corrected chi connectivity index (χ3v) is 5.39. The van der Waals surface area contributed by atoms with Gasteiger partial charge in [-0.1, -0.05) is 0 Å². The largest absolute Gasteiger partial charge is 0.452 e. The summed E-state index contributed by atoms with van der Waals surface area (Å²) in [7, 11) is 0. The van der Waals surface area contributed by atoms with Gasteiger partial charge in [-0.05, 0) is 50.3 Å². The lowest BCUT2D eigenvalue weighted by Gasteiger charge is -2.33. The smallest absolute Gasteiger partial charge is 0.338 e. The van der Waals surface area contributed by atoms with Gasteiger partial charge in [-0.25, -0.2) is 4.79 Å². The van der Waals surface area contributed by atoms with Crippen molar-refractivity contribution in [2.24, 2.45) is 0 Å². The predicted molar refractivity (Wildman–Crippen MR) is 96.2 cm³/mol. The summed E-state index contributed by atoms with van der Waals surface area (Å²) in [6.07, 6.45) is 4.99. The minimum atomic E-state index is -0.545. The molecule has 7 nitrogen and oxygen atoms in total. The highest BCUT2D eigenvalue weighted by atomic mass is 16.5. The Bertz CT molecular complexity index is 742. The molecule has 0 radical (unpaired) electrons. The van der Waals surface area contributed by atoms with Gasteiger partial charge in [-0.15, -0.1) is 0 Å². The molecule has 1 aromatic rings. The van der Waals surface area contributed by atoms with Gasteiger partial charge >= 0.3 is 5.97 Å². The van der Waals surface area contributed by atoms with E-state index in [2.05, 4.69) is 10.2 Å². The van der Waals surface area contributed by atoms with E-state index in [0.717, 1.165) is 57.4 Å². The number of nitrogens with one attached hydrogen (secondary N) is 1. The summed E-state index contributed by atoms with van der Waals surface area (Å²) in [5.74, 6) is -0.721. The number of hydrogen-bond donors (Lipinski definition) is 1. The number of anilines is 2. The van der Waals surface area contributed by atoms with Crippen molar-refractivity contribution in [3.05, 3.63) is 23.8 Å². The molecule has 3 heterocycles. The Kier molecular flexibility index (Phi) is 4.53. The first-order valence-electron chi connectivity index (χ1n) is 9.30. The van der Waals surface area contributed by atoms with Gasteiger partial charge in [0, 0.05) is 19.6 Å². The van der Waals surface area contributed by atoms with Crippen molar-refractivity contribution >= 4 is 29.2 Å². The molecule has 26 heavy (non-hydrogen) atoms. The summed E-state index contributed by atoms with van der Waals surface area (Å²) in [5.41, 5.74) is 1.91. The number of carbonyl (C=O) groups is 3. The highest BCUT2D eigenvalue weighted by Crippen LogP contribution is 2.37. The molecular weight excluding hydrogens is 334 g/mol. The molecule has 2 saturated heterocycles. The predicted octanol–water partition coefficient (Wildman–Crippen LogP) is 1.78. The Labute approximate surface area is 152 Å². The monoisotopic (exact) mass is 357 g/mol. The fourth-order valence-corrected chi connectivity index (χ4v) is 4.00. The van der Waals surface area contributed by atoms with Gasteiger partial charge in [0.1, 0.15) is 6.04 Å². The first kappa shape index (κ1) is 16.9. The maximum absolute atomic E-state index is 12.3. The van der Waals surface area contributed by atoms with E-state index in [-0.39, 0.29) is 24.5 Å².